The van der Waals surface area contributed by atoms with Crippen LogP contribution in [-0.4, -0.2) is 79.6 Å². The van der Waals surface area contributed by atoms with E-state index < -0.39 is 35.1 Å². The van der Waals surface area contributed by atoms with E-state index in [1.807, 2.05) is 0 Å². The highest BCUT2D eigenvalue weighted by molar-refractivity contribution is 6.74. The molecule has 0 saturated carbocycles. The van der Waals surface area contributed by atoms with E-state index in [0.717, 1.165) is 44.9 Å². The monoisotopic (exact) mass is 1160 g/mol. The lowest BCUT2D eigenvalue weighted by atomic mass is 9.79. The summed E-state index contributed by atoms with van der Waals surface area (Å²) in [6, 6.07) is -0.597. The predicted molar refractivity (Wildman–Crippen MR) is 346 cm³/mol. The van der Waals surface area contributed by atoms with Gasteiger partial charge >= 0.3 is 0 Å². The van der Waals surface area contributed by atoms with Crippen LogP contribution in [-0.2, 0) is 27.9 Å². The van der Waals surface area contributed by atoms with Crippen LogP contribution in [0.4, 0.5) is 0 Å². The van der Waals surface area contributed by atoms with Gasteiger partial charge in [0.05, 0.1) is 44.0 Å². The molecule has 0 aliphatic carbocycles. The van der Waals surface area contributed by atoms with E-state index in [9.17, 15) is 4.79 Å². The molecule has 1 amide bonds. The van der Waals surface area contributed by atoms with E-state index >= 15 is 0 Å². The van der Waals surface area contributed by atoms with Crippen LogP contribution in [0.25, 0.3) is 10.4 Å². The van der Waals surface area contributed by atoms with E-state index in [1.54, 1.807) is 0 Å². The first-order valence-corrected chi connectivity index (χ1v) is 35.9. The van der Waals surface area contributed by atoms with Crippen molar-refractivity contribution in [2.75, 3.05) is 26.4 Å². The highest BCUT2D eigenvalue weighted by Gasteiger charge is 2.48. The number of ether oxygens (including phenoxy) is 3. The van der Waals surface area contributed by atoms with Gasteiger partial charge in [-0.2, -0.15) is 0 Å². The normalized spacial score (nSPS) is 17.0. The molecular formula is C71H96N4O6Si2. The van der Waals surface area contributed by atoms with Gasteiger partial charge in [-0.15, -0.1) is 6.42 Å². The summed E-state index contributed by atoms with van der Waals surface area (Å²) in [5.74, 6) is 59.3. The lowest BCUT2D eigenvalue weighted by molar-refractivity contribution is -0.260. The number of terminal acetylenes is 1. The average molecular weight is 1160 g/mol. The topological polar surface area (TPSA) is 124 Å². The van der Waals surface area contributed by atoms with Gasteiger partial charge in [0, 0.05) is 59.5 Å². The zero-order valence-corrected chi connectivity index (χ0v) is 55.0. The van der Waals surface area contributed by atoms with E-state index in [2.05, 4.69) is 247 Å². The van der Waals surface area contributed by atoms with Crippen LogP contribution in [0.1, 0.15) is 185 Å². The number of hydrogen-bond donors (Lipinski definition) is 1. The highest BCUT2D eigenvalue weighted by atomic mass is 28.4. The molecule has 0 radical (unpaired) electrons. The van der Waals surface area contributed by atoms with Crippen molar-refractivity contribution in [3.8, 4) is 143 Å². The van der Waals surface area contributed by atoms with Crippen molar-refractivity contribution in [1.29, 1.82) is 0 Å². The third-order valence-corrected chi connectivity index (χ3v) is 24.6. The SMILES string of the molecule is C#CC#CC#CC#CC#CC#CC#CC#CC#CC#CC#CC#CCC(=O)N[C@@H](CO[C@H]1OC(COCCCCCCN=[N+]=[N-])[C@H](C)[C@H](C)C1C)[C@H](O[Si](C)(C)C(C)(C)C)[C@@H](CCCCCCCCCCCCCC)O[Si](C)(C)C(C)(C)C. The Kier molecular flexibility index (Phi) is 39.9. The molecule has 1 fully saturated rings. The van der Waals surface area contributed by atoms with Gasteiger partial charge in [-0.3, -0.25) is 4.79 Å². The summed E-state index contributed by atoms with van der Waals surface area (Å²) in [7, 11) is -4.90. The number of nitrogens with zero attached hydrogens (tertiary/aromatic N) is 3. The van der Waals surface area contributed by atoms with E-state index in [0.29, 0.717) is 19.8 Å². The van der Waals surface area contributed by atoms with Gasteiger partial charge < -0.3 is 28.4 Å². The second-order valence-corrected chi connectivity index (χ2v) is 33.6. The first-order chi connectivity index (χ1) is 39.6. The van der Waals surface area contributed by atoms with Crippen LogP contribution in [0.2, 0.25) is 36.3 Å². The van der Waals surface area contributed by atoms with Crippen LogP contribution in [0, 0.1) is 160 Å². The van der Waals surface area contributed by atoms with Crippen molar-refractivity contribution in [1.82, 2.24) is 5.32 Å². The Labute approximate surface area is 507 Å². The second-order valence-electron chi connectivity index (χ2n) is 24.1. The Balaban J connectivity index is 3.53. The summed E-state index contributed by atoms with van der Waals surface area (Å²) < 4.78 is 35.1. The molecule has 1 aliphatic heterocycles. The molecule has 1 saturated heterocycles. The lowest BCUT2D eigenvalue weighted by Crippen LogP contribution is -2.60. The molecule has 1 heterocycles. The fourth-order valence-corrected chi connectivity index (χ4v) is 11.0. The van der Waals surface area contributed by atoms with Crippen LogP contribution in [0.5, 0.6) is 0 Å². The largest absolute Gasteiger partial charge is 0.411 e. The summed E-state index contributed by atoms with van der Waals surface area (Å²) in [4.78, 5) is 17.1. The van der Waals surface area contributed by atoms with Crippen molar-refractivity contribution >= 4 is 22.5 Å². The smallest absolute Gasteiger partial charge is 0.232 e. The molecule has 0 aromatic heterocycles. The van der Waals surface area contributed by atoms with Gasteiger partial charge in [0.25, 0.3) is 0 Å². The third-order valence-electron chi connectivity index (χ3n) is 15.7. The standard InChI is InChI=1S/C71H96N4O6Si2/c1-16-18-20-22-24-26-28-30-31-32-33-34-35-36-37-38-39-40-42-44-46-48-52-56-67(76)74-64(59-78-69-63(5)61(3)62(4)66(79-69)60-77-58-54-50-49-53-57-73-75-72)68(81-83(14,15)71(9,10)11)65(80-82(12,13)70(6,7)8)55-51-47-45-43-41-29-27-25-23-21-19-17-2/h1,61-66,68-69H,17,19,21,23,25,27,29,41,43,45,47,49-51,53-60H2,2-15H3,(H,74,76)/t61-,62+,63?,64-,65+,66?,68-,69-/m0/s1. The van der Waals surface area contributed by atoms with Crippen LogP contribution in [0.15, 0.2) is 5.11 Å². The molecule has 0 bridgehead atoms. The fraction of sp³-hybridized carbons (Fsp3) is 0.648. The van der Waals surface area contributed by atoms with Crippen molar-refractivity contribution in [2.24, 2.45) is 22.9 Å². The van der Waals surface area contributed by atoms with Gasteiger partial charge in [-0.05, 0) is 168 Å². The molecule has 83 heavy (non-hydrogen) atoms. The summed E-state index contributed by atoms with van der Waals surface area (Å²) >= 11 is 0. The minimum atomic E-state index is -2.51. The molecule has 2 unspecified atom stereocenters. The zero-order chi connectivity index (χ0) is 61.7. The summed E-state index contributed by atoms with van der Waals surface area (Å²) in [6.07, 6.45) is 23.0. The molecule has 0 aromatic rings. The number of nitrogens with one attached hydrogen (secondary N) is 1. The maximum Gasteiger partial charge on any atom is 0.232 e. The van der Waals surface area contributed by atoms with Crippen LogP contribution < -0.4 is 5.32 Å². The zero-order valence-electron chi connectivity index (χ0n) is 53.0. The van der Waals surface area contributed by atoms with Crippen LogP contribution in [0.3, 0.4) is 0 Å². The molecule has 1 rings (SSSR count). The number of amides is 1. The maximum absolute atomic E-state index is 14.2. The minimum Gasteiger partial charge on any atom is -0.411 e. The van der Waals surface area contributed by atoms with Gasteiger partial charge in [-0.25, -0.2) is 0 Å². The molecule has 0 spiro atoms. The third kappa shape index (κ3) is 34.8. The molecule has 444 valence electrons. The molecule has 1 aliphatic rings. The van der Waals surface area contributed by atoms with E-state index in [1.165, 1.54) is 64.2 Å². The molecule has 1 N–H and O–H groups in total. The van der Waals surface area contributed by atoms with Gasteiger partial charge in [-0.1, -0.05) is 170 Å². The van der Waals surface area contributed by atoms with Crippen molar-refractivity contribution in [2.45, 2.75) is 252 Å². The number of hydrogen-bond acceptors (Lipinski definition) is 7. The molecule has 10 nitrogen and oxygen atoms in total. The Morgan fingerprint density at radius 2 is 1.04 bits per heavy atom. The van der Waals surface area contributed by atoms with Gasteiger partial charge in [0.1, 0.15) is 0 Å². The Hall–Kier alpha value is -6.27. The molecule has 8 atom stereocenters. The number of carbonyl (C=O) groups excluding carboxylic acids is 1. The quantitative estimate of drug-likeness (QED) is 0.0174. The minimum absolute atomic E-state index is 0.0675. The van der Waals surface area contributed by atoms with E-state index in [4.69, 9.17) is 35.0 Å². The highest BCUT2D eigenvalue weighted by Crippen LogP contribution is 2.42. The lowest BCUT2D eigenvalue weighted by Gasteiger charge is -2.48. The van der Waals surface area contributed by atoms with E-state index in [-0.39, 0.29) is 59.0 Å². The van der Waals surface area contributed by atoms with Crippen LogP contribution >= 0.6 is 0 Å². The fourth-order valence-electron chi connectivity index (χ4n) is 8.29. The number of azide groups is 1. The van der Waals surface area contributed by atoms with Gasteiger partial charge in [0.2, 0.25) is 5.91 Å². The predicted octanol–water partition coefficient (Wildman–Crippen LogP) is 13.9. The first-order valence-electron chi connectivity index (χ1n) is 30.1. The second kappa shape index (κ2) is 44.3. The van der Waals surface area contributed by atoms with Crippen molar-refractivity contribution in [3.63, 3.8) is 0 Å². The summed E-state index contributed by atoms with van der Waals surface area (Å²) in [5, 5.41) is 6.82. The molecule has 0 aromatic carbocycles. The Morgan fingerprint density at radius 3 is 1.51 bits per heavy atom. The maximum atomic E-state index is 14.2. The summed E-state index contributed by atoms with van der Waals surface area (Å²) in [6.45, 7) is 33.4. The number of rotatable bonds is 33. The Bertz CT molecular complexity index is 2830. The molecule has 12 heteroatoms. The number of unbranched alkanes of at least 4 members (excludes halogenated alkanes) is 14. The first kappa shape index (κ1) is 74.7. The number of carbonyl (C=O) groups is 1. The van der Waals surface area contributed by atoms with Crippen molar-refractivity contribution < 1.29 is 27.9 Å². The Morgan fingerprint density at radius 1 is 0.602 bits per heavy atom. The van der Waals surface area contributed by atoms with Gasteiger partial charge in [0.15, 0.2) is 22.9 Å². The molecular weight excluding hydrogens is 1060 g/mol. The van der Waals surface area contributed by atoms with Crippen molar-refractivity contribution in [3.05, 3.63) is 10.4 Å². The summed E-state index contributed by atoms with van der Waals surface area (Å²) in [5.41, 5.74) is 8.58. The average Bonchev–Trinajstić information content (AvgIpc) is 3.29.